The molecule has 1 saturated heterocycles. The van der Waals surface area contributed by atoms with Crippen LogP contribution in [0.25, 0.3) is 22.4 Å². The van der Waals surface area contributed by atoms with Crippen molar-refractivity contribution in [2.75, 3.05) is 0 Å². The van der Waals surface area contributed by atoms with Gasteiger partial charge in [-0.15, -0.1) is 0 Å². The van der Waals surface area contributed by atoms with Crippen LogP contribution >= 0.6 is 0 Å². The molecule has 0 radical (unpaired) electrons. The molecule has 0 bridgehead atoms. The third-order valence-corrected chi connectivity index (χ3v) is 18.9. The molecule has 3 aromatic rings. The Balaban J connectivity index is 1.61. The van der Waals surface area contributed by atoms with Crippen LogP contribution < -0.4 is 8.96 Å². The molecule has 1 spiro atoms. The van der Waals surface area contributed by atoms with Crippen LogP contribution in [0.15, 0.2) is 55.0 Å². The van der Waals surface area contributed by atoms with Gasteiger partial charge in [0.1, 0.15) is 0 Å². The summed E-state index contributed by atoms with van der Waals surface area (Å²) in [5.41, 5.74) is 8.17. The zero-order valence-electron chi connectivity index (χ0n) is 17.7. The molecule has 0 amide bonds. The van der Waals surface area contributed by atoms with Crippen molar-refractivity contribution in [1.82, 2.24) is 4.98 Å². The normalized spacial score (nSPS) is 17.9. The molecular weight excluding hydrogens is 413 g/mol. The second-order valence-corrected chi connectivity index (χ2v) is 18.8. The summed E-state index contributed by atoms with van der Waals surface area (Å²) in [5.74, 6) is 0. The van der Waals surface area contributed by atoms with Crippen LogP contribution in [0.2, 0.25) is 15.8 Å². The van der Waals surface area contributed by atoms with Crippen LogP contribution in [0.3, 0.4) is 0 Å². The van der Waals surface area contributed by atoms with Gasteiger partial charge in [-0.05, 0) is 0 Å². The van der Waals surface area contributed by atoms with E-state index in [1.54, 1.807) is 21.3 Å². The van der Waals surface area contributed by atoms with Gasteiger partial charge in [0.15, 0.2) is 0 Å². The Morgan fingerprint density at radius 1 is 0.931 bits per heavy atom. The van der Waals surface area contributed by atoms with E-state index in [2.05, 4.69) is 60.1 Å². The number of aromatic nitrogens is 2. The van der Waals surface area contributed by atoms with Gasteiger partial charge < -0.3 is 0 Å². The predicted octanol–water partition coefficient (Wildman–Crippen LogP) is 5.33. The quantitative estimate of drug-likeness (QED) is 0.386. The molecule has 4 heterocycles. The van der Waals surface area contributed by atoms with Crippen molar-refractivity contribution in [3.63, 3.8) is 0 Å². The summed E-state index contributed by atoms with van der Waals surface area (Å²) in [5, 5.41) is 4.71. The van der Waals surface area contributed by atoms with Gasteiger partial charge in [-0.3, -0.25) is 0 Å². The molecule has 0 aliphatic carbocycles. The molecule has 1 aromatic carbocycles. The number of nitrogens with zero attached hydrogens (tertiary/aromatic N) is 2. The third kappa shape index (κ3) is 3.46. The Morgan fingerprint density at radius 2 is 1.76 bits per heavy atom. The van der Waals surface area contributed by atoms with Crippen LogP contribution in [0.1, 0.15) is 36.8 Å². The summed E-state index contributed by atoms with van der Waals surface area (Å²) in [6, 6.07) is 13.6. The molecule has 29 heavy (non-hydrogen) atoms. The van der Waals surface area contributed by atoms with E-state index < -0.39 is 13.3 Å². The number of rotatable bonds is 2. The molecule has 148 valence electrons. The number of hydrogen-bond donors (Lipinski definition) is 0. The Morgan fingerprint density at radius 3 is 2.55 bits per heavy atom. The molecule has 0 atom stereocenters. The van der Waals surface area contributed by atoms with Gasteiger partial charge in [0, 0.05) is 0 Å². The molecule has 1 fully saturated rings. The molecule has 0 N–H and O–H groups in total. The minimum atomic E-state index is -1.85. The first-order chi connectivity index (χ1) is 14.2. The Bertz CT molecular complexity index is 1040. The average Bonchev–Trinajstić information content (AvgIpc) is 2.76. The van der Waals surface area contributed by atoms with Gasteiger partial charge >= 0.3 is 178 Å². The SMILES string of the molecule is Cc1ccc(-c2cccnc2)cc1-c1cc2[c](c[n+]1C)[Ge]1([CH2]CCC[CH2]1)[CH2]CC2. The molecular formula is C26H31GeN2+. The maximum absolute atomic E-state index is 4.31. The maximum atomic E-state index is 4.31. The molecule has 2 aliphatic heterocycles. The van der Waals surface area contributed by atoms with Gasteiger partial charge in [0.05, 0.1) is 0 Å². The average molecular weight is 444 g/mol. The number of pyridine rings is 2. The van der Waals surface area contributed by atoms with Gasteiger partial charge in [0.2, 0.25) is 0 Å². The summed E-state index contributed by atoms with van der Waals surface area (Å²) >= 11 is -1.85. The van der Waals surface area contributed by atoms with Crippen molar-refractivity contribution < 1.29 is 4.57 Å². The molecule has 2 aromatic heterocycles. The van der Waals surface area contributed by atoms with Crippen LogP contribution in [0.4, 0.5) is 0 Å². The fourth-order valence-corrected chi connectivity index (χ4v) is 17.5. The van der Waals surface area contributed by atoms with Crippen LogP contribution in [0, 0.1) is 6.92 Å². The van der Waals surface area contributed by atoms with E-state index in [0.717, 1.165) is 0 Å². The first-order valence-electron chi connectivity index (χ1n) is 11.2. The fraction of sp³-hybridized carbons (Fsp3) is 0.385. The van der Waals surface area contributed by atoms with Gasteiger partial charge in [-0.25, -0.2) is 0 Å². The van der Waals surface area contributed by atoms with Gasteiger partial charge in [0.25, 0.3) is 0 Å². The van der Waals surface area contributed by atoms with Crippen molar-refractivity contribution in [2.24, 2.45) is 7.05 Å². The zero-order chi connectivity index (χ0) is 19.8. The Kier molecular flexibility index (Phi) is 5.07. The van der Waals surface area contributed by atoms with E-state index in [9.17, 15) is 0 Å². The number of hydrogen-bond acceptors (Lipinski definition) is 1. The molecule has 0 unspecified atom stereocenters. The van der Waals surface area contributed by atoms with E-state index in [1.165, 1.54) is 60.1 Å². The first-order valence-corrected chi connectivity index (χ1v) is 16.7. The van der Waals surface area contributed by atoms with Crippen molar-refractivity contribution in [2.45, 2.75) is 54.8 Å². The van der Waals surface area contributed by atoms with E-state index >= 15 is 0 Å². The second-order valence-electron chi connectivity index (χ2n) is 9.17. The summed E-state index contributed by atoms with van der Waals surface area (Å²) in [6.45, 7) is 2.24. The molecule has 0 saturated carbocycles. The molecule has 3 heteroatoms. The van der Waals surface area contributed by atoms with Gasteiger partial charge in [-0.1, -0.05) is 0 Å². The van der Waals surface area contributed by atoms with Crippen LogP contribution in [-0.4, -0.2) is 18.3 Å². The Hall–Kier alpha value is -1.94. The molecule has 2 nitrogen and oxygen atoms in total. The number of fused-ring (bicyclic) bond motifs is 2. The first kappa shape index (κ1) is 19.1. The monoisotopic (exact) mass is 445 g/mol. The summed E-state index contributed by atoms with van der Waals surface area (Å²) in [4.78, 5) is 4.31. The summed E-state index contributed by atoms with van der Waals surface area (Å²) in [7, 11) is 2.26. The predicted molar refractivity (Wildman–Crippen MR) is 123 cm³/mol. The van der Waals surface area contributed by atoms with Crippen LogP contribution in [0.5, 0.6) is 0 Å². The second kappa shape index (κ2) is 7.72. The number of benzene rings is 1. The third-order valence-electron chi connectivity index (χ3n) is 7.35. The van der Waals surface area contributed by atoms with Gasteiger partial charge in [-0.2, -0.15) is 0 Å². The van der Waals surface area contributed by atoms with E-state index in [0.29, 0.717) is 0 Å². The summed E-state index contributed by atoms with van der Waals surface area (Å²) in [6.07, 6.45) is 13.5. The van der Waals surface area contributed by atoms with E-state index in [1.807, 2.05) is 22.9 Å². The minimum absolute atomic E-state index is 1.19. The van der Waals surface area contributed by atoms with Crippen LogP contribution in [-0.2, 0) is 13.5 Å². The summed E-state index contributed by atoms with van der Waals surface area (Å²) < 4.78 is 4.27. The van der Waals surface area contributed by atoms with Crippen molar-refractivity contribution in [1.29, 1.82) is 0 Å². The van der Waals surface area contributed by atoms with E-state index in [4.69, 9.17) is 0 Å². The molecule has 5 rings (SSSR count). The van der Waals surface area contributed by atoms with Crippen molar-refractivity contribution in [3.8, 4) is 22.4 Å². The Labute approximate surface area is 177 Å². The number of aryl methyl sites for hydroxylation is 3. The topological polar surface area (TPSA) is 16.8 Å². The van der Waals surface area contributed by atoms with Crippen molar-refractivity contribution >= 4 is 17.7 Å². The molecule has 2 aliphatic rings. The fourth-order valence-electron chi connectivity index (χ4n) is 5.75. The van der Waals surface area contributed by atoms with Crippen molar-refractivity contribution in [3.05, 3.63) is 66.1 Å². The van der Waals surface area contributed by atoms with E-state index in [-0.39, 0.29) is 0 Å². The standard InChI is InChI=1S/C26H31GeN2/c1-20-10-11-21(23-9-7-15-28-18-23)16-24(20)26-17-22-8-6-14-27(12-4-3-5-13-27)25(22)19-29(26)2/h7,9-11,15-19H,3-6,8,12-14H2,1-2H3/q+1. The zero-order valence-corrected chi connectivity index (χ0v) is 19.8.